The standard InChI is InChI=1S/C18H19ClN6/c1-25(2)15-9-7-14(8-10-15)22-17-12-21-24-18(23-17)20-11-13-5-3-4-6-16(13)19/h3-10,12H,11H2,1-2H3,(H2,20,22,23,24). The average molecular weight is 355 g/mol. The van der Waals surface area contributed by atoms with Gasteiger partial charge in [-0.15, -0.1) is 5.10 Å². The number of nitrogens with one attached hydrogen (secondary N) is 2. The Morgan fingerprint density at radius 2 is 1.80 bits per heavy atom. The van der Waals surface area contributed by atoms with E-state index >= 15 is 0 Å². The van der Waals surface area contributed by atoms with Crippen molar-refractivity contribution in [2.75, 3.05) is 29.6 Å². The number of aromatic nitrogens is 3. The summed E-state index contributed by atoms with van der Waals surface area (Å²) in [5.74, 6) is 1.06. The molecule has 0 saturated heterocycles. The predicted octanol–water partition coefficient (Wildman–Crippen LogP) is 3.95. The molecule has 0 aliphatic heterocycles. The molecule has 0 saturated carbocycles. The molecule has 3 aromatic rings. The Labute approximate surface area is 151 Å². The van der Waals surface area contributed by atoms with Gasteiger partial charge in [0, 0.05) is 37.0 Å². The van der Waals surface area contributed by atoms with Crippen LogP contribution in [0, 0.1) is 0 Å². The number of anilines is 4. The summed E-state index contributed by atoms with van der Waals surface area (Å²) in [7, 11) is 4.02. The first-order valence-corrected chi connectivity index (χ1v) is 8.21. The van der Waals surface area contributed by atoms with Crippen molar-refractivity contribution >= 4 is 34.7 Å². The highest BCUT2D eigenvalue weighted by Gasteiger charge is 2.04. The molecule has 0 aliphatic carbocycles. The molecule has 0 unspecified atom stereocenters. The molecule has 0 aliphatic rings. The summed E-state index contributed by atoms with van der Waals surface area (Å²) in [5, 5.41) is 15.0. The summed E-state index contributed by atoms with van der Waals surface area (Å²) in [6.45, 7) is 0.530. The maximum absolute atomic E-state index is 6.15. The van der Waals surface area contributed by atoms with Gasteiger partial charge in [0.05, 0.1) is 6.20 Å². The Morgan fingerprint density at radius 3 is 2.52 bits per heavy atom. The van der Waals surface area contributed by atoms with Gasteiger partial charge in [-0.3, -0.25) is 0 Å². The monoisotopic (exact) mass is 354 g/mol. The molecule has 7 heteroatoms. The summed E-state index contributed by atoms with van der Waals surface area (Å²) in [5.41, 5.74) is 3.04. The van der Waals surface area contributed by atoms with E-state index in [1.807, 2.05) is 67.5 Å². The SMILES string of the molecule is CN(C)c1ccc(Nc2cnnc(NCc3ccccc3Cl)n2)cc1. The van der Waals surface area contributed by atoms with Crippen molar-refractivity contribution in [2.24, 2.45) is 0 Å². The van der Waals surface area contributed by atoms with Gasteiger partial charge in [-0.25, -0.2) is 0 Å². The minimum Gasteiger partial charge on any atom is -0.378 e. The molecule has 0 bridgehead atoms. The van der Waals surface area contributed by atoms with Gasteiger partial charge in [-0.1, -0.05) is 29.8 Å². The number of hydrogen-bond acceptors (Lipinski definition) is 6. The van der Waals surface area contributed by atoms with Crippen LogP contribution < -0.4 is 15.5 Å². The van der Waals surface area contributed by atoms with E-state index in [-0.39, 0.29) is 0 Å². The van der Waals surface area contributed by atoms with Gasteiger partial charge >= 0.3 is 0 Å². The van der Waals surface area contributed by atoms with Gasteiger partial charge in [0.1, 0.15) is 0 Å². The molecule has 3 rings (SSSR count). The Hall–Kier alpha value is -2.86. The molecule has 1 aromatic heterocycles. The van der Waals surface area contributed by atoms with Gasteiger partial charge in [0.15, 0.2) is 5.82 Å². The molecule has 0 radical (unpaired) electrons. The fraction of sp³-hybridized carbons (Fsp3) is 0.167. The van der Waals surface area contributed by atoms with E-state index in [0.717, 1.165) is 16.9 Å². The number of nitrogens with zero attached hydrogens (tertiary/aromatic N) is 4. The molecule has 0 amide bonds. The van der Waals surface area contributed by atoms with E-state index in [4.69, 9.17) is 11.6 Å². The van der Waals surface area contributed by atoms with Gasteiger partial charge < -0.3 is 15.5 Å². The van der Waals surface area contributed by atoms with Crippen LogP contribution >= 0.6 is 11.6 Å². The van der Waals surface area contributed by atoms with Crippen LogP contribution in [0.25, 0.3) is 0 Å². The molecule has 0 atom stereocenters. The van der Waals surface area contributed by atoms with Gasteiger partial charge in [0.2, 0.25) is 5.95 Å². The second-order valence-electron chi connectivity index (χ2n) is 5.68. The van der Waals surface area contributed by atoms with Crippen LogP contribution in [0.1, 0.15) is 5.56 Å². The number of rotatable bonds is 6. The normalized spacial score (nSPS) is 10.4. The third-order valence-electron chi connectivity index (χ3n) is 3.61. The van der Waals surface area contributed by atoms with E-state index in [1.165, 1.54) is 0 Å². The Kier molecular flexibility index (Phi) is 5.30. The van der Waals surface area contributed by atoms with E-state index < -0.39 is 0 Å². The molecule has 2 N–H and O–H groups in total. The van der Waals surface area contributed by atoms with Crippen LogP contribution in [0.3, 0.4) is 0 Å². The van der Waals surface area contributed by atoms with Crippen molar-refractivity contribution in [1.29, 1.82) is 0 Å². The smallest absolute Gasteiger partial charge is 0.244 e. The lowest BCUT2D eigenvalue weighted by molar-refractivity contribution is 0.949. The fourth-order valence-corrected chi connectivity index (χ4v) is 2.45. The van der Waals surface area contributed by atoms with Crippen molar-refractivity contribution in [1.82, 2.24) is 15.2 Å². The van der Waals surface area contributed by atoms with E-state index in [0.29, 0.717) is 23.3 Å². The lowest BCUT2D eigenvalue weighted by Gasteiger charge is -2.13. The Bertz CT molecular complexity index is 835. The van der Waals surface area contributed by atoms with Crippen LogP contribution in [0.2, 0.25) is 5.02 Å². The lowest BCUT2D eigenvalue weighted by Crippen LogP contribution is -2.08. The largest absolute Gasteiger partial charge is 0.378 e. The van der Waals surface area contributed by atoms with Gasteiger partial charge in [-0.2, -0.15) is 10.1 Å². The fourth-order valence-electron chi connectivity index (χ4n) is 2.25. The topological polar surface area (TPSA) is 66.0 Å². The second-order valence-corrected chi connectivity index (χ2v) is 6.08. The summed E-state index contributed by atoms with van der Waals surface area (Å²) < 4.78 is 0. The molecule has 6 nitrogen and oxygen atoms in total. The number of halogens is 1. The van der Waals surface area contributed by atoms with Crippen molar-refractivity contribution in [3.8, 4) is 0 Å². The highest BCUT2D eigenvalue weighted by molar-refractivity contribution is 6.31. The van der Waals surface area contributed by atoms with Crippen LogP contribution in [0.15, 0.2) is 54.7 Å². The quantitative estimate of drug-likeness (QED) is 0.698. The molecule has 2 aromatic carbocycles. The first kappa shape index (κ1) is 17.0. The lowest BCUT2D eigenvalue weighted by atomic mass is 10.2. The number of benzene rings is 2. The minimum atomic E-state index is 0.440. The van der Waals surface area contributed by atoms with Crippen LogP contribution in [0.4, 0.5) is 23.1 Å². The maximum Gasteiger partial charge on any atom is 0.244 e. The third kappa shape index (κ3) is 4.58. The molecular formula is C18H19ClN6. The number of hydrogen-bond donors (Lipinski definition) is 2. The average Bonchev–Trinajstić information content (AvgIpc) is 2.62. The molecule has 0 fully saturated rings. The molecule has 128 valence electrons. The van der Waals surface area contributed by atoms with Gasteiger partial charge in [0.25, 0.3) is 0 Å². The first-order chi connectivity index (χ1) is 12.1. The van der Waals surface area contributed by atoms with E-state index in [1.54, 1.807) is 6.20 Å². The zero-order valence-electron chi connectivity index (χ0n) is 14.1. The zero-order chi connectivity index (χ0) is 17.6. The van der Waals surface area contributed by atoms with Crippen molar-refractivity contribution in [3.63, 3.8) is 0 Å². The van der Waals surface area contributed by atoms with Crippen molar-refractivity contribution in [2.45, 2.75) is 6.54 Å². The van der Waals surface area contributed by atoms with Gasteiger partial charge in [-0.05, 0) is 35.9 Å². The van der Waals surface area contributed by atoms with Crippen LogP contribution in [0.5, 0.6) is 0 Å². The van der Waals surface area contributed by atoms with Crippen molar-refractivity contribution in [3.05, 3.63) is 65.3 Å². The summed E-state index contributed by atoms with van der Waals surface area (Å²) >= 11 is 6.15. The molecule has 1 heterocycles. The predicted molar refractivity (Wildman–Crippen MR) is 103 cm³/mol. The van der Waals surface area contributed by atoms with Crippen molar-refractivity contribution < 1.29 is 0 Å². The van der Waals surface area contributed by atoms with E-state index in [9.17, 15) is 0 Å². The molecular weight excluding hydrogens is 336 g/mol. The summed E-state index contributed by atoms with van der Waals surface area (Å²) in [4.78, 5) is 6.47. The Balaban J connectivity index is 1.66. The summed E-state index contributed by atoms with van der Waals surface area (Å²) in [6.07, 6.45) is 1.58. The molecule has 0 spiro atoms. The zero-order valence-corrected chi connectivity index (χ0v) is 14.8. The first-order valence-electron chi connectivity index (χ1n) is 7.83. The summed E-state index contributed by atoms with van der Waals surface area (Å²) in [6, 6.07) is 15.7. The van der Waals surface area contributed by atoms with Crippen LogP contribution in [-0.4, -0.2) is 29.3 Å². The minimum absolute atomic E-state index is 0.440. The second kappa shape index (κ2) is 7.81. The van der Waals surface area contributed by atoms with E-state index in [2.05, 4.69) is 25.8 Å². The van der Waals surface area contributed by atoms with Crippen LogP contribution in [-0.2, 0) is 6.54 Å². The highest BCUT2D eigenvalue weighted by atomic mass is 35.5. The third-order valence-corrected chi connectivity index (χ3v) is 3.98. The Morgan fingerprint density at radius 1 is 1.04 bits per heavy atom. The maximum atomic E-state index is 6.15. The molecule has 25 heavy (non-hydrogen) atoms. The highest BCUT2D eigenvalue weighted by Crippen LogP contribution is 2.19.